The molecule has 0 bridgehead atoms. The van der Waals surface area contributed by atoms with E-state index in [-0.39, 0.29) is 5.92 Å². The van der Waals surface area contributed by atoms with Crippen LogP contribution in [0, 0.1) is 5.92 Å². The van der Waals surface area contributed by atoms with E-state index < -0.39 is 0 Å². The average molecular weight is 308 g/mol. The van der Waals surface area contributed by atoms with Crippen LogP contribution in [0.1, 0.15) is 56.6 Å². The fourth-order valence-corrected chi connectivity index (χ4v) is 3.71. The summed E-state index contributed by atoms with van der Waals surface area (Å²) in [5.41, 5.74) is 0.965. The van der Waals surface area contributed by atoms with Gasteiger partial charge in [-0.25, -0.2) is 4.98 Å². The van der Waals surface area contributed by atoms with Crippen molar-refractivity contribution in [3.63, 3.8) is 0 Å². The summed E-state index contributed by atoms with van der Waals surface area (Å²) < 4.78 is 0. The van der Waals surface area contributed by atoms with Crippen LogP contribution in [0.15, 0.2) is 12.4 Å². The van der Waals surface area contributed by atoms with Crippen molar-refractivity contribution in [1.82, 2.24) is 14.9 Å². The number of hydrogen-bond donors (Lipinski definition) is 0. The summed E-state index contributed by atoms with van der Waals surface area (Å²) in [7, 11) is 0. The molecule has 0 unspecified atom stereocenters. The highest BCUT2D eigenvalue weighted by Gasteiger charge is 2.29. The molecule has 3 rings (SSSR count). The SMILES string of the molecule is O=C(C1CCCCC1)N1CCC(c2cncc(Cl)n2)CC1. The average Bonchev–Trinajstić information content (AvgIpc) is 2.55. The minimum atomic E-state index is 0.279. The number of carbonyl (C=O) groups is 1. The predicted octanol–water partition coefficient (Wildman–Crippen LogP) is 3.42. The van der Waals surface area contributed by atoms with Crippen molar-refractivity contribution in [1.29, 1.82) is 0 Å². The third-order valence-corrected chi connectivity index (χ3v) is 4.99. The summed E-state index contributed by atoms with van der Waals surface area (Å²) in [4.78, 5) is 23.1. The largest absolute Gasteiger partial charge is 0.342 e. The van der Waals surface area contributed by atoms with E-state index in [1.807, 2.05) is 0 Å². The number of piperidine rings is 1. The molecule has 1 aromatic heterocycles. The molecular weight excluding hydrogens is 286 g/mol. The Kier molecular flexibility index (Phi) is 4.73. The van der Waals surface area contributed by atoms with Gasteiger partial charge in [-0.3, -0.25) is 9.78 Å². The third-order valence-electron chi connectivity index (χ3n) is 4.80. The summed E-state index contributed by atoms with van der Waals surface area (Å²) >= 11 is 5.91. The Balaban J connectivity index is 1.56. The van der Waals surface area contributed by atoms with E-state index in [2.05, 4.69) is 14.9 Å². The zero-order valence-electron chi connectivity index (χ0n) is 12.3. The van der Waals surface area contributed by atoms with Crippen LogP contribution in [0.25, 0.3) is 0 Å². The number of hydrogen-bond acceptors (Lipinski definition) is 3. The summed E-state index contributed by atoms with van der Waals surface area (Å²) in [6.45, 7) is 1.68. The summed E-state index contributed by atoms with van der Waals surface area (Å²) in [5.74, 6) is 1.04. The van der Waals surface area contributed by atoms with Crippen molar-refractivity contribution in [2.24, 2.45) is 5.92 Å². The quantitative estimate of drug-likeness (QED) is 0.841. The van der Waals surface area contributed by atoms with Gasteiger partial charge in [0.25, 0.3) is 0 Å². The normalized spacial score (nSPS) is 21.5. The Morgan fingerprint density at radius 1 is 1.10 bits per heavy atom. The zero-order chi connectivity index (χ0) is 14.7. The van der Waals surface area contributed by atoms with Crippen LogP contribution in [-0.4, -0.2) is 33.9 Å². The number of halogens is 1. The Labute approximate surface area is 130 Å². The predicted molar refractivity (Wildman–Crippen MR) is 82.2 cm³/mol. The molecule has 4 nitrogen and oxygen atoms in total. The number of rotatable bonds is 2. The van der Waals surface area contributed by atoms with Crippen molar-refractivity contribution in [3.8, 4) is 0 Å². The third kappa shape index (κ3) is 3.54. The van der Waals surface area contributed by atoms with Gasteiger partial charge in [0.05, 0.1) is 11.9 Å². The van der Waals surface area contributed by atoms with Crippen LogP contribution in [-0.2, 0) is 4.79 Å². The number of amides is 1. The second-order valence-corrected chi connectivity index (χ2v) is 6.59. The van der Waals surface area contributed by atoms with E-state index in [4.69, 9.17) is 11.6 Å². The molecule has 5 heteroatoms. The van der Waals surface area contributed by atoms with Gasteiger partial charge in [-0.2, -0.15) is 0 Å². The number of likely N-dealkylation sites (tertiary alicyclic amines) is 1. The molecule has 21 heavy (non-hydrogen) atoms. The molecule has 0 N–H and O–H groups in total. The van der Waals surface area contributed by atoms with Crippen LogP contribution < -0.4 is 0 Å². The van der Waals surface area contributed by atoms with Crippen LogP contribution >= 0.6 is 11.6 Å². The molecule has 2 aliphatic rings. The smallest absolute Gasteiger partial charge is 0.225 e. The van der Waals surface area contributed by atoms with Crippen molar-refractivity contribution in [3.05, 3.63) is 23.2 Å². The molecule has 0 atom stereocenters. The topological polar surface area (TPSA) is 46.1 Å². The summed E-state index contributed by atoms with van der Waals surface area (Å²) in [5, 5.41) is 0.452. The fraction of sp³-hybridized carbons (Fsp3) is 0.688. The molecule has 0 spiro atoms. The zero-order valence-corrected chi connectivity index (χ0v) is 13.1. The van der Waals surface area contributed by atoms with Gasteiger partial charge < -0.3 is 4.90 Å². The fourth-order valence-electron chi connectivity index (χ4n) is 3.56. The van der Waals surface area contributed by atoms with Gasteiger partial charge >= 0.3 is 0 Å². The van der Waals surface area contributed by atoms with Crippen molar-refractivity contribution in [2.45, 2.75) is 50.9 Å². The first kappa shape index (κ1) is 14.8. The van der Waals surface area contributed by atoms with Gasteiger partial charge in [0.15, 0.2) is 0 Å². The highest BCUT2D eigenvalue weighted by molar-refractivity contribution is 6.29. The maximum absolute atomic E-state index is 12.5. The molecule has 1 saturated carbocycles. The van der Waals surface area contributed by atoms with Gasteiger partial charge in [0.2, 0.25) is 5.91 Å². The Morgan fingerprint density at radius 3 is 2.48 bits per heavy atom. The van der Waals surface area contributed by atoms with Crippen LogP contribution in [0.5, 0.6) is 0 Å². The minimum Gasteiger partial charge on any atom is -0.342 e. The highest BCUT2D eigenvalue weighted by atomic mass is 35.5. The van der Waals surface area contributed by atoms with Crippen molar-refractivity contribution < 1.29 is 4.79 Å². The highest BCUT2D eigenvalue weighted by Crippen LogP contribution is 2.30. The molecule has 1 aliphatic heterocycles. The monoisotopic (exact) mass is 307 g/mol. The minimum absolute atomic E-state index is 0.279. The maximum Gasteiger partial charge on any atom is 0.225 e. The standard InChI is InChI=1S/C16H22ClN3O/c17-15-11-18-10-14(19-15)12-6-8-20(9-7-12)16(21)13-4-2-1-3-5-13/h10-13H,1-9H2. The first-order valence-corrected chi connectivity index (χ1v) is 8.38. The molecule has 1 aromatic rings. The van der Waals surface area contributed by atoms with E-state index in [0.29, 0.717) is 17.0 Å². The molecule has 2 heterocycles. The summed E-state index contributed by atoms with van der Waals surface area (Å²) in [6.07, 6.45) is 11.2. The molecule has 1 aliphatic carbocycles. The lowest BCUT2D eigenvalue weighted by Crippen LogP contribution is -2.42. The van der Waals surface area contributed by atoms with Crippen molar-refractivity contribution in [2.75, 3.05) is 13.1 Å². The molecule has 1 saturated heterocycles. The lowest BCUT2D eigenvalue weighted by atomic mass is 9.87. The van der Waals surface area contributed by atoms with E-state index in [0.717, 1.165) is 44.5 Å². The molecule has 114 valence electrons. The van der Waals surface area contributed by atoms with E-state index >= 15 is 0 Å². The first-order valence-electron chi connectivity index (χ1n) is 8.00. The van der Waals surface area contributed by atoms with Crippen LogP contribution in [0.2, 0.25) is 5.15 Å². The van der Waals surface area contributed by atoms with E-state index in [1.54, 1.807) is 12.4 Å². The molecule has 0 aromatic carbocycles. The van der Waals surface area contributed by atoms with Gasteiger partial charge in [-0.05, 0) is 25.7 Å². The second kappa shape index (κ2) is 6.73. The number of nitrogens with zero attached hydrogens (tertiary/aromatic N) is 3. The lowest BCUT2D eigenvalue weighted by Gasteiger charge is -2.35. The number of aromatic nitrogens is 2. The van der Waals surface area contributed by atoms with Gasteiger partial charge in [0.1, 0.15) is 5.15 Å². The maximum atomic E-state index is 12.5. The number of carbonyl (C=O) groups excluding carboxylic acids is 1. The van der Waals surface area contributed by atoms with Gasteiger partial charge in [-0.1, -0.05) is 30.9 Å². The van der Waals surface area contributed by atoms with E-state index in [1.165, 1.54) is 19.3 Å². The van der Waals surface area contributed by atoms with Crippen LogP contribution in [0.4, 0.5) is 0 Å². The Bertz CT molecular complexity index is 494. The van der Waals surface area contributed by atoms with E-state index in [9.17, 15) is 4.79 Å². The molecular formula is C16H22ClN3O. The molecule has 1 amide bonds. The lowest BCUT2D eigenvalue weighted by molar-refractivity contribution is -0.137. The van der Waals surface area contributed by atoms with Gasteiger partial charge in [-0.15, -0.1) is 0 Å². The second-order valence-electron chi connectivity index (χ2n) is 6.20. The van der Waals surface area contributed by atoms with Crippen molar-refractivity contribution >= 4 is 17.5 Å². The Hall–Kier alpha value is -1.16. The van der Waals surface area contributed by atoms with Crippen LogP contribution in [0.3, 0.4) is 0 Å². The molecule has 2 fully saturated rings. The summed E-state index contributed by atoms with van der Waals surface area (Å²) in [6, 6.07) is 0. The molecule has 0 radical (unpaired) electrons. The van der Waals surface area contributed by atoms with Gasteiger partial charge in [0, 0.05) is 31.1 Å². The Morgan fingerprint density at radius 2 is 1.81 bits per heavy atom. The first-order chi connectivity index (χ1) is 10.2.